The standard InChI is InChI=1S/C40H60O4/c1-22(2)24-11-13-28-32-26(19-30-37(28,5)15-9-17-39(30,7)36(42)43)27-20-31-38(6,16-10-18-40(31,8)44-21-41)29-14-12-25(23(3)4)35(33(27)29)34(24)32/h21-23,25-32H,9-20H2,1-8H3,(H,42,43). The van der Waals surface area contributed by atoms with Crippen LogP contribution in [0.3, 0.4) is 0 Å². The Labute approximate surface area is 267 Å². The van der Waals surface area contributed by atoms with E-state index in [0.29, 0.717) is 53.3 Å². The number of hydrogen-bond acceptors (Lipinski definition) is 3. The monoisotopic (exact) mass is 604 g/mol. The van der Waals surface area contributed by atoms with Crippen molar-refractivity contribution < 1.29 is 19.4 Å². The average molecular weight is 605 g/mol. The van der Waals surface area contributed by atoms with Gasteiger partial charge in [0, 0.05) is 5.92 Å². The van der Waals surface area contributed by atoms with Crippen LogP contribution in [-0.4, -0.2) is 23.1 Å². The summed E-state index contributed by atoms with van der Waals surface area (Å²) >= 11 is 0. The van der Waals surface area contributed by atoms with Crippen molar-refractivity contribution in [3.8, 4) is 0 Å². The SMILES string of the molecule is CC(C)C1=C2C3=C4C(CC5C(C)(OC=O)CCCC5(C)C4CCC3C(C)C)C3CC4C(C)(C(=O)O)CCCC4(C)C(CC1)C23. The third-order valence-corrected chi connectivity index (χ3v) is 16.2. The molecule has 4 nitrogen and oxygen atoms in total. The lowest BCUT2D eigenvalue weighted by Crippen LogP contribution is -2.63. The second-order valence-corrected chi connectivity index (χ2v) is 18.4. The molecule has 0 aromatic carbocycles. The predicted molar refractivity (Wildman–Crippen MR) is 175 cm³/mol. The first-order valence-corrected chi connectivity index (χ1v) is 18.5. The number of carbonyl (C=O) groups excluding carboxylic acids is 1. The van der Waals surface area contributed by atoms with E-state index < -0.39 is 17.0 Å². The summed E-state index contributed by atoms with van der Waals surface area (Å²) < 4.78 is 6.12. The van der Waals surface area contributed by atoms with Crippen LogP contribution in [0.15, 0.2) is 22.3 Å². The van der Waals surface area contributed by atoms with E-state index in [-0.39, 0.29) is 16.7 Å². The molecule has 0 aromatic rings. The van der Waals surface area contributed by atoms with Gasteiger partial charge in [0.2, 0.25) is 0 Å². The Morgan fingerprint density at radius 1 is 0.886 bits per heavy atom. The number of allylic oxidation sites excluding steroid dienone is 4. The van der Waals surface area contributed by atoms with Gasteiger partial charge in [0.1, 0.15) is 5.60 Å². The number of ether oxygens (including phenoxy) is 1. The molecule has 244 valence electrons. The van der Waals surface area contributed by atoms with Crippen LogP contribution in [0.25, 0.3) is 0 Å². The van der Waals surface area contributed by atoms with Crippen LogP contribution in [0.2, 0.25) is 0 Å². The Morgan fingerprint density at radius 3 is 2.25 bits per heavy atom. The van der Waals surface area contributed by atoms with Crippen molar-refractivity contribution in [3.63, 3.8) is 0 Å². The van der Waals surface area contributed by atoms with Crippen molar-refractivity contribution in [2.45, 2.75) is 138 Å². The normalized spacial score (nSPS) is 49.6. The van der Waals surface area contributed by atoms with E-state index in [4.69, 9.17) is 4.74 Å². The van der Waals surface area contributed by atoms with Gasteiger partial charge in [0.05, 0.1) is 5.41 Å². The molecule has 4 heteroatoms. The van der Waals surface area contributed by atoms with Crippen LogP contribution < -0.4 is 0 Å². The molecule has 12 atom stereocenters. The first kappa shape index (κ1) is 31.0. The highest BCUT2D eigenvalue weighted by Crippen LogP contribution is 2.74. The minimum absolute atomic E-state index is 0.0724. The van der Waals surface area contributed by atoms with E-state index in [1.54, 1.807) is 16.7 Å². The van der Waals surface area contributed by atoms with Crippen LogP contribution in [0, 0.1) is 75.4 Å². The molecule has 0 radical (unpaired) electrons. The number of carboxylic acid groups (broad SMARTS) is 1. The second kappa shape index (κ2) is 10.2. The molecule has 0 amide bonds. The van der Waals surface area contributed by atoms with Crippen molar-refractivity contribution in [2.24, 2.45) is 75.4 Å². The van der Waals surface area contributed by atoms with Gasteiger partial charge >= 0.3 is 5.97 Å². The van der Waals surface area contributed by atoms with E-state index in [9.17, 15) is 14.7 Å². The average Bonchev–Trinajstić information content (AvgIpc) is 2.96. The van der Waals surface area contributed by atoms with Gasteiger partial charge in [-0.3, -0.25) is 9.59 Å². The maximum atomic E-state index is 13.1. The van der Waals surface area contributed by atoms with Gasteiger partial charge in [-0.2, -0.15) is 0 Å². The fourth-order valence-corrected chi connectivity index (χ4v) is 14.3. The number of carboxylic acids is 1. The number of aliphatic carboxylic acids is 1. The third-order valence-electron chi connectivity index (χ3n) is 16.2. The molecular weight excluding hydrogens is 544 g/mol. The Hall–Kier alpha value is -1.58. The molecule has 7 aliphatic rings. The highest BCUT2D eigenvalue weighted by atomic mass is 16.5. The highest BCUT2D eigenvalue weighted by Gasteiger charge is 2.68. The van der Waals surface area contributed by atoms with Gasteiger partial charge in [-0.25, -0.2) is 0 Å². The molecule has 0 aliphatic heterocycles. The molecule has 0 heterocycles. The number of carbonyl (C=O) groups is 2. The summed E-state index contributed by atoms with van der Waals surface area (Å²) in [5.74, 6) is 4.43. The summed E-state index contributed by atoms with van der Waals surface area (Å²) in [5.41, 5.74) is 6.30. The lowest BCUT2D eigenvalue weighted by Gasteiger charge is -2.69. The van der Waals surface area contributed by atoms with Gasteiger partial charge in [-0.1, -0.05) is 59.1 Å². The minimum atomic E-state index is -0.648. The van der Waals surface area contributed by atoms with Crippen molar-refractivity contribution in [1.82, 2.24) is 0 Å². The fourth-order valence-electron chi connectivity index (χ4n) is 14.3. The summed E-state index contributed by atoms with van der Waals surface area (Å²) in [6.07, 6.45) is 13.4. The largest absolute Gasteiger partial charge is 0.481 e. The molecule has 0 aromatic heterocycles. The van der Waals surface area contributed by atoms with Crippen LogP contribution in [0.1, 0.15) is 132 Å². The lowest BCUT2D eigenvalue weighted by atomic mass is 9.35. The zero-order valence-corrected chi connectivity index (χ0v) is 29.0. The molecule has 44 heavy (non-hydrogen) atoms. The maximum absolute atomic E-state index is 13.1. The van der Waals surface area contributed by atoms with Crippen LogP contribution >= 0.6 is 0 Å². The summed E-state index contributed by atoms with van der Waals surface area (Å²) in [5, 5.41) is 10.8. The van der Waals surface area contributed by atoms with E-state index in [0.717, 1.165) is 45.0 Å². The molecule has 12 unspecified atom stereocenters. The number of fused-ring (bicyclic) bond motifs is 6. The first-order valence-electron chi connectivity index (χ1n) is 18.5. The quantitative estimate of drug-likeness (QED) is 0.317. The molecule has 4 fully saturated rings. The molecule has 7 aliphatic carbocycles. The second-order valence-electron chi connectivity index (χ2n) is 18.4. The van der Waals surface area contributed by atoms with Crippen LogP contribution in [0.4, 0.5) is 0 Å². The van der Waals surface area contributed by atoms with Crippen molar-refractivity contribution in [2.75, 3.05) is 0 Å². The van der Waals surface area contributed by atoms with Crippen molar-refractivity contribution in [3.05, 3.63) is 22.3 Å². The number of rotatable bonds is 5. The molecule has 1 N–H and O–H groups in total. The Bertz CT molecular complexity index is 1290. The van der Waals surface area contributed by atoms with E-state index in [2.05, 4.69) is 55.4 Å². The molecule has 4 saturated carbocycles. The highest BCUT2D eigenvalue weighted by molar-refractivity contribution is 5.75. The topological polar surface area (TPSA) is 63.6 Å². The smallest absolute Gasteiger partial charge is 0.309 e. The van der Waals surface area contributed by atoms with E-state index >= 15 is 0 Å². The zero-order chi connectivity index (χ0) is 31.6. The van der Waals surface area contributed by atoms with Gasteiger partial charge in [-0.15, -0.1) is 0 Å². The van der Waals surface area contributed by atoms with Crippen LogP contribution in [-0.2, 0) is 14.3 Å². The predicted octanol–water partition coefficient (Wildman–Crippen LogP) is 9.63. The summed E-state index contributed by atoms with van der Waals surface area (Å²) in [4.78, 5) is 25.1. The Morgan fingerprint density at radius 2 is 1.59 bits per heavy atom. The minimum Gasteiger partial charge on any atom is -0.481 e. The van der Waals surface area contributed by atoms with E-state index in [1.807, 2.05) is 5.57 Å². The lowest BCUT2D eigenvalue weighted by molar-refractivity contribution is -0.189. The van der Waals surface area contributed by atoms with Gasteiger partial charge < -0.3 is 9.84 Å². The Balaban J connectivity index is 1.49. The maximum Gasteiger partial charge on any atom is 0.309 e. The van der Waals surface area contributed by atoms with E-state index in [1.165, 1.54) is 38.5 Å². The summed E-state index contributed by atoms with van der Waals surface area (Å²) in [6, 6.07) is 0. The van der Waals surface area contributed by atoms with Crippen molar-refractivity contribution >= 4 is 12.4 Å². The van der Waals surface area contributed by atoms with Gasteiger partial charge in [0.25, 0.3) is 6.47 Å². The molecule has 0 bridgehead atoms. The molecule has 7 rings (SSSR count). The number of hydrogen-bond donors (Lipinski definition) is 1. The third kappa shape index (κ3) is 3.93. The summed E-state index contributed by atoms with van der Waals surface area (Å²) in [7, 11) is 0. The first-order chi connectivity index (χ1) is 20.7. The molecule has 0 saturated heterocycles. The fraction of sp³-hybridized carbons (Fsp3) is 0.850. The zero-order valence-electron chi connectivity index (χ0n) is 29.0. The molecule has 0 spiro atoms. The van der Waals surface area contributed by atoms with Gasteiger partial charge in [0.15, 0.2) is 0 Å². The summed E-state index contributed by atoms with van der Waals surface area (Å²) in [6.45, 7) is 20.0. The molecular formula is C40H60O4. The van der Waals surface area contributed by atoms with Crippen molar-refractivity contribution in [1.29, 1.82) is 0 Å². The van der Waals surface area contributed by atoms with Gasteiger partial charge in [-0.05, 0) is 160 Å². The Kier molecular flexibility index (Phi) is 7.20. The van der Waals surface area contributed by atoms with Crippen LogP contribution in [0.5, 0.6) is 0 Å².